The van der Waals surface area contributed by atoms with Crippen molar-refractivity contribution in [2.24, 2.45) is 0 Å². The molecule has 0 spiro atoms. The lowest BCUT2D eigenvalue weighted by atomic mass is 10.2. The molecule has 2 nitrogen and oxygen atoms in total. The van der Waals surface area contributed by atoms with E-state index in [9.17, 15) is 0 Å². The topological polar surface area (TPSA) is 33.1 Å². The number of aryl methyl sites for hydroxylation is 1. The average Bonchev–Trinajstić information content (AvgIpc) is 2.62. The molecule has 0 fully saturated rings. The average molecular weight is 254 g/mol. The highest BCUT2D eigenvalue weighted by Gasteiger charge is 2.10. The molecular formula is C12H12ClNOS. The molecule has 0 aliphatic rings. The normalized spacial score (nSPS) is 10.7. The van der Waals surface area contributed by atoms with E-state index >= 15 is 0 Å². The minimum absolute atomic E-state index is 0.0801. The van der Waals surface area contributed by atoms with E-state index in [-0.39, 0.29) is 6.61 Å². The first-order valence-corrected chi connectivity index (χ1v) is 6.23. The van der Waals surface area contributed by atoms with E-state index in [0.717, 1.165) is 16.3 Å². The largest absolute Gasteiger partial charge is 0.396 e. The fourth-order valence-electron chi connectivity index (χ4n) is 1.41. The van der Waals surface area contributed by atoms with Crippen LogP contribution >= 0.6 is 22.9 Å². The summed E-state index contributed by atoms with van der Waals surface area (Å²) in [5, 5.41) is 9.78. The van der Waals surface area contributed by atoms with Gasteiger partial charge in [0.1, 0.15) is 9.34 Å². The van der Waals surface area contributed by atoms with Crippen molar-refractivity contribution >= 4 is 22.9 Å². The number of hydrogen-bond donors (Lipinski definition) is 1. The highest BCUT2D eigenvalue weighted by atomic mass is 35.5. The van der Waals surface area contributed by atoms with Gasteiger partial charge in [0.15, 0.2) is 0 Å². The van der Waals surface area contributed by atoms with E-state index in [2.05, 4.69) is 24.0 Å². The number of hydrogen-bond acceptors (Lipinski definition) is 3. The standard InChI is InChI=1S/C12H12ClNOS/c1-8-2-4-9(5-3-8)12-14-10(6-7-15)11(13)16-12/h2-5,15H,6-7H2,1H3. The number of thiazole rings is 1. The van der Waals surface area contributed by atoms with Crippen LogP contribution in [0.4, 0.5) is 0 Å². The minimum atomic E-state index is 0.0801. The minimum Gasteiger partial charge on any atom is -0.396 e. The van der Waals surface area contributed by atoms with Crippen molar-refractivity contribution in [1.82, 2.24) is 4.98 Å². The zero-order valence-corrected chi connectivity index (χ0v) is 10.5. The van der Waals surface area contributed by atoms with E-state index in [1.807, 2.05) is 12.1 Å². The van der Waals surface area contributed by atoms with Crippen molar-refractivity contribution in [2.75, 3.05) is 6.61 Å². The quantitative estimate of drug-likeness (QED) is 0.911. The van der Waals surface area contributed by atoms with Crippen molar-refractivity contribution in [3.05, 3.63) is 39.9 Å². The molecule has 16 heavy (non-hydrogen) atoms. The summed E-state index contributed by atoms with van der Waals surface area (Å²) >= 11 is 7.51. The van der Waals surface area contributed by atoms with Crippen LogP contribution in [0.3, 0.4) is 0 Å². The summed E-state index contributed by atoms with van der Waals surface area (Å²) in [5.74, 6) is 0. The molecule has 0 saturated carbocycles. The number of aromatic nitrogens is 1. The Labute approximate surface area is 104 Å². The van der Waals surface area contributed by atoms with Gasteiger partial charge < -0.3 is 5.11 Å². The summed E-state index contributed by atoms with van der Waals surface area (Å²) in [6.45, 7) is 2.13. The first-order chi connectivity index (χ1) is 7.70. The summed E-state index contributed by atoms with van der Waals surface area (Å²) in [5.41, 5.74) is 3.08. The molecule has 1 heterocycles. The Morgan fingerprint density at radius 3 is 2.62 bits per heavy atom. The molecule has 0 radical (unpaired) electrons. The fourth-order valence-corrected chi connectivity index (χ4v) is 2.61. The van der Waals surface area contributed by atoms with Crippen LogP contribution in [0.15, 0.2) is 24.3 Å². The first-order valence-electron chi connectivity index (χ1n) is 5.04. The molecule has 0 bridgehead atoms. The Bertz CT molecular complexity index is 478. The van der Waals surface area contributed by atoms with E-state index in [1.165, 1.54) is 16.9 Å². The number of rotatable bonds is 3. The van der Waals surface area contributed by atoms with Crippen molar-refractivity contribution in [3.8, 4) is 10.6 Å². The maximum atomic E-state index is 8.87. The van der Waals surface area contributed by atoms with E-state index < -0.39 is 0 Å². The third-order valence-electron chi connectivity index (χ3n) is 2.30. The van der Waals surface area contributed by atoms with Gasteiger partial charge >= 0.3 is 0 Å². The predicted octanol–water partition coefficient (Wildman–Crippen LogP) is 3.31. The number of halogens is 1. The number of nitrogens with zero attached hydrogens (tertiary/aromatic N) is 1. The molecule has 0 atom stereocenters. The highest BCUT2D eigenvalue weighted by Crippen LogP contribution is 2.31. The van der Waals surface area contributed by atoms with Gasteiger partial charge in [0.05, 0.1) is 5.69 Å². The summed E-state index contributed by atoms with van der Waals surface area (Å²) in [6, 6.07) is 8.17. The second kappa shape index (κ2) is 4.95. The van der Waals surface area contributed by atoms with Crippen LogP contribution in [0.2, 0.25) is 4.34 Å². The third kappa shape index (κ3) is 2.43. The molecule has 0 aliphatic heterocycles. The van der Waals surface area contributed by atoms with Gasteiger partial charge in [0, 0.05) is 18.6 Å². The van der Waals surface area contributed by atoms with E-state index in [1.54, 1.807) is 0 Å². The van der Waals surface area contributed by atoms with Crippen molar-refractivity contribution in [2.45, 2.75) is 13.3 Å². The first kappa shape index (κ1) is 11.6. The maximum Gasteiger partial charge on any atom is 0.125 e. The third-order valence-corrected chi connectivity index (χ3v) is 3.68. The molecule has 2 aromatic rings. The molecule has 2 rings (SSSR count). The SMILES string of the molecule is Cc1ccc(-c2nc(CCO)c(Cl)s2)cc1. The van der Waals surface area contributed by atoms with Crippen LogP contribution in [0, 0.1) is 6.92 Å². The van der Waals surface area contributed by atoms with Crippen LogP contribution in [0.1, 0.15) is 11.3 Å². The molecule has 1 N–H and O–H groups in total. The Morgan fingerprint density at radius 1 is 1.31 bits per heavy atom. The molecule has 4 heteroatoms. The second-order valence-electron chi connectivity index (χ2n) is 3.58. The van der Waals surface area contributed by atoms with Gasteiger partial charge in [-0.25, -0.2) is 4.98 Å². The van der Waals surface area contributed by atoms with Gasteiger partial charge in [-0.05, 0) is 6.92 Å². The zero-order chi connectivity index (χ0) is 11.5. The Hall–Kier alpha value is -0.900. The van der Waals surface area contributed by atoms with Crippen LogP contribution in [-0.4, -0.2) is 16.7 Å². The number of benzene rings is 1. The van der Waals surface area contributed by atoms with Gasteiger partial charge in [-0.1, -0.05) is 41.4 Å². The highest BCUT2D eigenvalue weighted by molar-refractivity contribution is 7.19. The van der Waals surface area contributed by atoms with E-state index in [4.69, 9.17) is 16.7 Å². The molecule has 1 aromatic heterocycles. The molecule has 1 aromatic carbocycles. The molecule has 0 amide bonds. The lowest BCUT2D eigenvalue weighted by Crippen LogP contribution is -1.91. The zero-order valence-electron chi connectivity index (χ0n) is 8.90. The summed E-state index contributed by atoms with van der Waals surface area (Å²) in [4.78, 5) is 4.43. The van der Waals surface area contributed by atoms with Gasteiger partial charge in [-0.15, -0.1) is 11.3 Å². The summed E-state index contributed by atoms with van der Waals surface area (Å²) in [6.07, 6.45) is 0.515. The van der Waals surface area contributed by atoms with Gasteiger partial charge in [0.2, 0.25) is 0 Å². The Kier molecular flexibility index (Phi) is 3.59. The second-order valence-corrected chi connectivity index (χ2v) is 5.18. The molecule has 0 saturated heterocycles. The number of aliphatic hydroxyl groups is 1. The molecule has 84 valence electrons. The van der Waals surface area contributed by atoms with Gasteiger partial charge in [-0.3, -0.25) is 0 Å². The lowest BCUT2D eigenvalue weighted by molar-refractivity contribution is 0.298. The lowest BCUT2D eigenvalue weighted by Gasteiger charge is -1.96. The van der Waals surface area contributed by atoms with Crippen molar-refractivity contribution < 1.29 is 5.11 Å². The maximum absolute atomic E-state index is 8.87. The van der Waals surface area contributed by atoms with Gasteiger partial charge in [-0.2, -0.15) is 0 Å². The van der Waals surface area contributed by atoms with Crippen LogP contribution in [0.25, 0.3) is 10.6 Å². The fraction of sp³-hybridized carbons (Fsp3) is 0.250. The summed E-state index contributed by atoms with van der Waals surface area (Å²) in [7, 11) is 0. The van der Waals surface area contributed by atoms with Crippen molar-refractivity contribution in [1.29, 1.82) is 0 Å². The molecule has 0 unspecified atom stereocenters. The van der Waals surface area contributed by atoms with Gasteiger partial charge in [0.25, 0.3) is 0 Å². The predicted molar refractivity (Wildman–Crippen MR) is 68.1 cm³/mol. The molecule has 0 aliphatic carbocycles. The van der Waals surface area contributed by atoms with Crippen LogP contribution < -0.4 is 0 Å². The molecular weight excluding hydrogens is 242 g/mol. The summed E-state index contributed by atoms with van der Waals surface area (Å²) < 4.78 is 0.671. The smallest absolute Gasteiger partial charge is 0.125 e. The van der Waals surface area contributed by atoms with E-state index in [0.29, 0.717) is 10.8 Å². The van der Waals surface area contributed by atoms with Crippen LogP contribution in [-0.2, 0) is 6.42 Å². The monoisotopic (exact) mass is 253 g/mol. The Balaban J connectivity index is 2.33. The Morgan fingerprint density at radius 2 is 2.00 bits per heavy atom. The van der Waals surface area contributed by atoms with Crippen LogP contribution in [0.5, 0.6) is 0 Å². The number of aliphatic hydroxyl groups excluding tert-OH is 1. The van der Waals surface area contributed by atoms with Crippen molar-refractivity contribution in [3.63, 3.8) is 0 Å².